The molecule has 22 unspecified atom stereocenters. The lowest BCUT2D eigenvalue weighted by atomic mass is 10.0. The molecular weight excluding hydrogens is 1850 g/mol. The molecule has 8 saturated heterocycles. The molecule has 22 atom stereocenters. The molecule has 688 valence electrons. The third kappa shape index (κ3) is 37.4. The summed E-state index contributed by atoms with van der Waals surface area (Å²) in [5, 5.41) is 9.45. The molecule has 14 rings (SSSR count). The normalized spacial score (nSPS) is 34.6. The Balaban J connectivity index is 0.000000192. The second-order valence-corrected chi connectivity index (χ2v) is 56.2. The van der Waals surface area contributed by atoms with E-state index in [0.29, 0.717) is 85.6 Å². The first-order chi connectivity index (χ1) is 57.8. The number of fused-ring (bicyclic) bond motifs is 6. The number of ether oxygens (including phenoxy) is 8. The van der Waals surface area contributed by atoms with Crippen LogP contribution in [0, 0.1) is 10.8 Å². The van der Waals surface area contributed by atoms with Crippen LogP contribution < -0.4 is 0 Å². The highest BCUT2D eigenvalue weighted by atomic mass is 32.2. The van der Waals surface area contributed by atoms with Crippen LogP contribution in [0.2, 0.25) is 0 Å². The molecule has 8 aliphatic heterocycles. The van der Waals surface area contributed by atoms with Crippen LogP contribution in [0.3, 0.4) is 0 Å². The third-order valence-corrected chi connectivity index (χ3v) is 48.2. The van der Waals surface area contributed by atoms with Gasteiger partial charge in [0.25, 0.3) is 0 Å². The van der Waals surface area contributed by atoms with Gasteiger partial charge >= 0.3 is 47.8 Å². The van der Waals surface area contributed by atoms with Gasteiger partial charge in [-0.25, -0.2) is 38.4 Å². The molecule has 0 spiro atoms. The molecule has 0 aromatic rings. The van der Waals surface area contributed by atoms with Crippen molar-refractivity contribution >= 4 is 236 Å². The lowest BCUT2D eigenvalue weighted by Crippen LogP contribution is -2.45. The van der Waals surface area contributed by atoms with Crippen molar-refractivity contribution in [3.8, 4) is 0 Å². The summed E-state index contributed by atoms with van der Waals surface area (Å²) in [4.78, 5) is 90.0. The van der Waals surface area contributed by atoms with Gasteiger partial charge in [0.05, 0.1) is 10.5 Å². The van der Waals surface area contributed by atoms with Crippen molar-refractivity contribution in [2.24, 2.45) is 10.8 Å². The molecule has 14 fully saturated rings. The van der Waals surface area contributed by atoms with Crippen molar-refractivity contribution in [2.75, 3.05) is 57.5 Å². The van der Waals surface area contributed by atoms with Crippen LogP contribution in [0.15, 0.2) is 99.2 Å². The van der Waals surface area contributed by atoms with E-state index < -0.39 is 0 Å². The lowest BCUT2D eigenvalue weighted by Gasteiger charge is -2.43. The molecule has 14 aliphatic rings. The zero-order valence-corrected chi connectivity index (χ0v) is 86.9. The zero-order chi connectivity index (χ0) is 89.5. The standard InChI is InChI=1S/C14H20O2S2.C13H18O2S2.C11H16O2S2.2C11H18O2S2.C10H14O2S2.2C10H16O2S2/c1-9(2)13(15)16-14-8-4-7-12(14)17-10-5-3-6-11(10)18-14;1-2-12(14)15-13-8-4-7-11(13)16-9-5-3-6-10(9)17-13;1-7(2)11(12)13-10-6-14-8-4-3-5-9(8)15-10;1-8(2)10(12)13-9-5-14-6-11(3,4)7-15-9;1-7(2)11(12)13-10-6-14-8(3)5-9(4)15-10;1-2-9(11)12-10-6-13-7-4-3-5-8(7)14-10;1-4-8(11)12-9-5-13-6-10(2,3)7-14-9;1-4-9(11)12-10-6-13-7(2)5-8(3)14-10/h10-12H,1,3-8H2,2H3;2,9-11H,1,3-8H2;8-10H,1,3-6H2,2H3;9H,1,5-7H2,2-4H3;8-10H,1,5-6H2,2-4H3;2,7-8,10H,1,3-6H2;4,9H,1,5-7H2,2-3H3;4,7-8,10H,1,5-6H2,2-3H3. The van der Waals surface area contributed by atoms with Gasteiger partial charge < -0.3 is 37.9 Å². The highest BCUT2D eigenvalue weighted by Gasteiger charge is 2.57. The second-order valence-electron chi connectivity index (χ2n) is 34.3. The van der Waals surface area contributed by atoms with Crippen molar-refractivity contribution in [3.63, 3.8) is 0 Å². The molecule has 0 N–H and O–H groups in total. The van der Waals surface area contributed by atoms with Crippen molar-refractivity contribution in [1.29, 1.82) is 0 Å². The summed E-state index contributed by atoms with van der Waals surface area (Å²) in [5.74, 6) is 7.57. The molecular formula is C90H136O16S16. The lowest BCUT2D eigenvalue weighted by molar-refractivity contribution is -0.146. The fourth-order valence-electron chi connectivity index (χ4n) is 15.3. The fourth-order valence-corrected chi connectivity index (χ4v) is 41.1. The predicted octanol–water partition coefficient (Wildman–Crippen LogP) is 23.7. The first-order valence-electron chi connectivity index (χ1n) is 42.8. The van der Waals surface area contributed by atoms with Crippen molar-refractivity contribution in [2.45, 2.75) is 327 Å². The highest BCUT2D eigenvalue weighted by molar-refractivity contribution is 8.10. The molecule has 122 heavy (non-hydrogen) atoms. The van der Waals surface area contributed by atoms with E-state index >= 15 is 0 Å². The molecule has 6 aliphatic carbocycles. The maximum absolute atomic E-state index is 11.9. The average Bonchev–Trinajstić information content (AvgIpc) is 1.61. The Morgan fingerprint density at radius 2 is 0.623 bits per heavy atom. The van der Waals surface area contributed by atoms with Crippen LogP contribution in [-0.2, 0) is 76.3 Å². The first kappa shape index (κ1) is 108. The van der Waals surface area contributed by atoms with Crippen LogP contribution in [0.5, 0.6) is 0 Å². The Kier molecular flexibility index (Phi) is 48.3. The summed E-state index contributed by atoms with van der Waals surface area (Å²) in [6, 6.07) is 0. The molecule has 8 heterocycles. The van der Waals surface area contributed by atoms with Crippen molar-refractivity contribution in [1.82, 2.24) is 0 Å². The van der Waals surface area contributed by atoms with E-state index in [1.165, 1.54) is 140 Å². The molecule has 0 bridgehead atoms. The van der Waals surface area contributed by atoms with E-state index in [1.807, 2.05) is 118 Å². The van der Waals surface area contributed by atoms with E-state index in [-0.39, 0.29) is 90.2 Å². The van der Waals surface area contributed by atoms with Crippen LogP contribution in [0.1, 0.15) is 212 Å². The van der Waals surface area contributed by atoms with E-state index in [4.69, 9.17) is 37.9 Å². The topological polar surface area (TPSA) is 210 Å². The Morgan fingerprint density at radius 3 is 1.01 bits per heavy atom. The molecule has 0 amide bonds. The summed E-state index contributed by atoms with van der Waals surface area (Å²) >= 11 is 30.1. The number of esters is 8. The molecule has 32 heteroatoms. The molecule has 0 aromatic carbocycles. The van der Waals surface area contributed by atoms with Crippen LogP contribution in [0.25, 0.3) is 0 Å². The number of carbonyl (C=O) groups is 8. The molecule has 6 saturated carbocycles. The quantitative estimate of drug-likeness (QED) is 0.0799. The first-order valence-corrected chi connectivity index (χ1v) is 58.8. The monoisotopic (exact) mass is 1980 g/mol. The van der Waals surface area contributed by atoms with Gasteiger partial charge in [-0.15, -0.1) is 118 Å². The fraction of sp³-hybridized carbons (Fsp3) is 0.733. The second kappa shape index (κ2) is 54.5. The van der Waals surface area contributed by atoms with Crippen LogP contribution >= 0.6 is 188 Å². The van der Waals surface area contributed by atoms with Crippen LogP contribution in [-0.4, -0.2) is 221 Å². The molecule has 0 aromatic heterocycles. The van der Waals surface area contributed by atoms with Gasteiger partial charge in [-0.2, -0.15) is 70.6 Å². The summed E-state index contributed by atoms with van der Waals surface area (Å²) < 4.78 is 43.3. The van der Waals surface area contributed by atoms with Gasteiger partial charge in [-0.3, -0.25) is 0 Å². The van der Waals surface area contributed by atoms with Gasteiger partial charge in [0.2, 0.25) is 0 Å². The summed E-state index contributed by atoms with van der Waals surface area (Å²) in [6.07, 6.45) is 30.0. The van der Waals surface area contributed by atoms with Crippen LogP contribution in [0.4, 0.5) is 0 Å². The maximum Gasteiger partial charge on any atom is 0.334 e. The smallest absolute Gasteiger partial charge is 0.334 e. The van der Waals surface area contributed by atoms with Crippen molar-refractivity contribution < 1.29 is 76.3 Å². The van der Waals surface area contributed by atoms with Gasteiger partial charge in [0.1, 0.15) is 0 Å². The number of hydrogen-bond donors (Lipinski definition) is 0. The third-order valence-electron chi connectivity index (χ3n) is 21.5. The van der Waals surface area contributed by atoms with E-state index in [2.05, 4.69) is 132 Å². The van der Waals surface area contributed by atoms with Gasteiger partial charge in [-0.1, -0.05) is 134 Å². The molecule has 0 radical (unpaired) electrons. The number of carbonyl (C=O) groups excluding carboxylic acids is 8. The Morgan fingerprint density at radius 1 is 0.311 bits per heavy atom. The maximum atomic E-state index is 11.9. The van der Waals surface area contributed by atoms with E-state index in [9.17, 15) is 38.4 Å². The van der Waals surface area contributed by atoms with Gasteiger partial charge in [0, 0.05) is 156 Å². The Hall–Kier alpha value is -0.720. The summed E-state index contributed by atoms with van der Waals surface area (Å²) in [7, 11) is 0. The number of rotatable bonds is 16. The highest BCUT2D eigenvalue weighted by Crippen LogP contribution is 2.62. The predicted molar refractivity (Wildman–Crippen MR) is 543 cm³/mol. The van der Waals surface area contributed by atoms with E-state index in [1.54, 1.807) is 74.7 Å². The summed E-state index contributed by atoms with van der Waals surface area (Å²) in [5.41, 5.74) is 2.68. The van der Waals surface area contributed by atoms with Crippen molar-refractivity contribution in [3.05, 3.63) is 99.2 Å². The van der Waals surface area contributed by atoms with E-state index in [0.717, 1.165) is 91.4 Å². The molecule has 16 nitrogen and oxygen atoms in total. The van der Waals surface area contributed by atoms with Gasteiger partial charge in [-0.05, 0) is 153 Å². The average molecular weight is 1990 g/mol. The Labute approximate surface area is 799 Å². The number of thioether (sulfide) groups is 16. The minimum absolute atomic E-state index is 0.00715. The minimum atomic E-state index is -0.317. The largest absolute Gasteiger partial charge is 0.447 e. The minimum Gasteiger partial charge on any atom is -0.447 e. The summed E-state index contributed by atoms with van der Waals surface area (Å²) in [6.45, 7) is 52.8. The zero-order valence-electron chi connectivity index (χ0n) is 73.8. The SMILES string of the molecule is C=C(C)C(=O)OC12CCCC1SC1CCCC1S2.C=C(C)C(=O)OC1CSC(C)CC(C)S1.C=C(C)C(=O)OC1CSC2CCCC2S1.C=C(C)C(=O)OC1CSCC(C)(C)CS1.C=CC(=O)OC12CCCC1SC1CCCC1S2.C=CC(=O)OC1CSC(C)CC(C)S1.C=CC(=O)OC1CSC2CCCC2S1.C=CC(=O)OC1CSCC(C)(C)CS1. The Bertz CT molecular complexity index is 3480. The van der Waals surface area contributed by atoms with Gasteiger partial charge in [0.15, 0.2) is 42.5 Å². The number of hydrogen-bond acceptors (Lipinski definition) is 32.